The van der Waals surface area contributed by atoms with Crippen LogP contribution in [-0.4, -0.2) is 46.6 Å². The summed E-state index contributed by atoms with van der Waals surface area (Å²) in [6.45, 7) is 3.53. The molecule has 2 heterocycles. The first-order chi connectivity index (χ1) is 13.0. The average Bonchev–Trinajstić information content (AvgIpc) is 3.04. The average molecular weight is 371 g/mol. The van der Waals surface area contributed by atoms with Crippen molar-refractivity contribution in [1.29, 1.82) is 0 Å². The quantitative estimate of drug-likeness (QED) is 0.760. The van der Waals surface area contributed by atoms with Crippen LogP contribution in [0.5, 0.6) is 0 Å². The van der Waals surface area contributed by atoms with Gasteiger partial charge < -0.3 is 10.7 Å². The number of piperazine rings is 1. The van der Waals surface area contributed by atoms with Crippen molar-refractivity contribution in [2.24, 2.45) is 5.73 Å². The lowest BCUT2D eigenvalue weighted by molar-refractivity contribution is 0.100. The molecule has 2 N–H and O–H groups in total. The van der Waals surface area contributed by atoms with Gasteiger partial charge >= 0.3 is 0 Å². The predicted octanol–water partition coefficient (Wildman–Crippen LogP) is 1.87. The third kappa shape index (κ3) is 3.61. The van der Waals surface area contributed by atoms with Crippen molar-refractivity contribution in [2.75, 3.05) is 31.2 Å². The number of hydrogen-bond acceptors (Lipinski definition) is 4. The van der Waals surface area contributed by atoms with E-state index < -0.39 is 17.5 Å². The Morgan fingerprint density at radius 1 is 1.04 bits per heavy atom. The maximum atomic E-state index is 13.4. The molecule has 1 saturated heterocycles. The highest BCUT2D eigenvalue weighted by Crippen LogP contribution is 2.17. The molecule has 2 aromatic carbocycles. The van der Waals surface area contributed by atoms with Crippen LogP contribution in [0.2, 0.25) is 0 Å². The van der Waals surface area contributed by atoms with Gasteiger partial charge in [-0.15, -0.1) is 0 Å². The number of fused-ring (bicyclic) bond motifs is 1. The van der Waals surface area contributed by atoms with Crippen molar-refractivity contribution in [3.63, 3.8) is 0 Å². The van der Waals surface area contributed by atoms with E-state index in [4.69, 9.17) is 5.73 Å². The van der Waals surface area contributed by atoms with E-state index in [0.717, 1.165) is 37.8 Å². The first kappa shape index (κ1) is 17.4. The van der Waals surface area contributed by atoms with Crippen LogP contribution in [-0.2, 0) is 6.54 Å². The van der Waals surface area contributed by atoms with Crippen LogP contribution in [0.1, 0.15) is 15.9 Å². The molecule has 3 aromatic rings. The van der Waals surface area contributed by atoms with E-state index in [1.54, 1.807) is 18.5 Å². The molecule has 6 nitrogen and oxygen atoms in total. The molecular weight excluding hydrogens is 352 g/mol. The number of imidazole rings is 1. The van der Waals surface area contributed by atoms with Crippen LogP contribution in [0.15, 0.2) is 42.7 Å². The van der Waals surface area contributed by atoms with E-state index in [-0.39, 0.29) is 0 Å². The number of halogens is 2. The highest BCUT2D eigenvalue weighted by atomic mass is 19.1. The molecule has 4 rings (SSSR count). The van der Waals surface area contributed by atoms with Crippen molar-refractivity contribution in [3.05, 3.63) is 65.5 Å². The van der Waals surface area contributed by atoms with E-state index in [1.807, 2.05) is 10.7 Å². The predicted molar refractivity (Wildman–Crippen MR) is 97.8 cm³/mol. The monoisotopic (exact) mass is 371 g/mol. The number of nitrogens with two attached hydrogens (primary N) is 1. The molecule has 27 heavy (non-hydrogen) atoms. The zero-order chi connectivity index (χ0) is 19.0. The molecule has 1 aliphatic heterocycles. The molecule has 1 fully saturated rings. The van der Waals surface area contributed by atoms with Crippen LogP contribution in [0.4, 0.5) is 8.78 Å². The fourth-order valence-electron chi connectivity index (χ4n) is 3.45. The molecule has 1 amide bonds. The van der Waals surface area contributed by atoms with Crippen molar-refractivity contribution in [1.82, 2.24) is 14.6 Å². The van der Waals surface area contributed by atoms with Crippen molar-refractivity contribution >= 4 is 16.9 Å². The normalized spacial score (nSPS) is 15.4. The molecule has 1 aromatic heterocycles. The summed E-state index contributed by atoms with van der Waals surface area (Å²) in [7, 11) is 0. The minimum atomic E-state index is -0.552. The van der Waals surface area contributed by atoms with Gasteiger partial charge in [0.1, 0.15) is 18.0 Å². The molecule has 0 radical (unpaired) electrons. The number of primary amides is 1. The van der Waals surface area contributed by atoms with Gasteiger partial charge in [0.05, 0.1) is 11.0 Å². The zero-order valence-electron chi connectivity index (χ0n) is 14.6. The van der Waals surface area contributed by atoms with E-state index in [0.29, 0.717) is 23.2 Å². The maximum absolute atomic E-state index is 13.4. The largest absolute Gasteiger partial charge is 0.366 e. The van der Waals surface area contributed by atoms with Crippen LogP contribution >= 0.6 is 0 Å². The molecular formula is C19H19F2N5O. The van der Waals surface area contributed by atoms with Crippen molar-refractivity contribution in [3.8, 4) is 0 Å². The smallest absolute Gasteiger partial charge is 0.248 e. The Balaban J connectivity index is 1.44. The van der Waals surface area contributed by atoms with Crippen molar-refractivity contribution < 1.29 is 13.6 Å². The minimum absolute atomic E-state index is 0.430. The molecule has 8 heteroatoms. The Bertz CT molecular complexity index is 975. The Morgan fingerprint density at radius 2 is 1.74 bits per heavy atom. The van der Waals surface area contributed by atoms with Gasteiger partial charge in [-0.2, -0.15) is 0 Å². The van der Waals surface area contributed by atoms with E-state index >= 15 is 0 Å². The number of rotatable bonds is 4. The molecule has 140 valence electrons. The van der Waals surface area contributed by atoms with E-state index in [2.05, 4.69) is 14.9 Å². The summed E-state index contributed by atoms with van der Waals surface area (Å²) in [4.78, 5) is 17.8. The lowest BCUT2D eigenvalue weighted by Crippen LogP contribution is -2.50. The lowest BCUT2D eigenvalue weighted by Gasteiger charge is -2.36. The summed E-state index contributed by atoms with van der Waals surface area (Å²) in [5.74, 6) is -1.58. The standard InChI is InChI=1S/C19H19F2N5O/c20-15-7-13(8-16(21)10-15)11-24-3-5-25(6-4-24)26-12-23-17-9-14(19(22)27)1-2-18(17)26/h1-2,7-10,12H,3-6,11H2,(H2,22,27). The molecule has 0 saturated carbocycles. The first-order valence-electron chi connectivity index (χ1n) is 8.69. The zero-order valence-corrected chi connectivity index (χ0v) is 14.6. The van der Waals surface area contributed by atoms with Crippen molar-refractivity contribution in [2.45, 2.75) is 6.54 Å². The van der Waals surface area contributed by atoms with Crippen LogP contribution < -0.4 is 10.7 Å². The Kier molecular flexibility index (Phi) is 4.49. The Hall–Kier alpha value is -3.00. The number of carbonyl (C=O) groups is 1. The summed E-state index contributed by atoms with van der Waals surface area (Å²) in [5.41, 5.74) is 7.99. The van der Waals surface area contributed by atoms with Gasteiger partial charge in [0.15, 0.2) is 0 Å². The van der Waals surface area contributed by atoms with Gasteiger partial charge in [-0.05, 0) is 35.9 Å². The number of hydrogen-bond donors (Lipinski definition) is 1. The van der Waals surface area contributed by atoms with Gasteiger partial charge in [-0.3, -0.25) is 9.69 Å². The molecule has 0 atom stereocenters. The topological polar surface area (TPSA) is 67.4 Å². The van der Waals surface area contributed by atoms with Gasteiger partial charge in [-0.25, -0.2) is 18.4 Å². The Labute approximate surface area is 154 Å². The van der Waals surface area contributed by atoms with Gasteiger partial charge in [0, 0.05) is 44.4 Å². The summed E-state index contributed by atoms with van der Waals surface area (Å²) in [6.07, 6.45) is 1.73. The highest BCUT2D eigenvalue weighted by molar-refractivity contribution is 5.96. The molecule has 0 aliphatic carbocycles. The lowest BCUT2D eigenvalue weighted by atomic mass is 10.2. The summed E-state index contributed by atoms with van der Waals surface area (Å²) in [5, 5.41) is 2.15. The number of carbonyl (C=O) groups excluding carboxylic acids is 1. The molecule has 0 spiro atoms. The fourth-order valence-corrected chi connectivity index (χ4v) is 3.45. The van der Waals surface area contributed by atoms with Crippen LogP contribution in [0.25, 0.3) is 11.0 Å². The minimum Gasteiger partial charge on any atom is -0.366 e. The molecule has 1 aliphatic rings. The highest BCUT2D eigenvalue weighted by Gasteiger charge is 2.19. The number of aromatic nitrogens is 2. The Morgan fingerprint density at radius 3 is 2.41 bits per heavy atom. The van der Waals surface area contributed by atoms with Crippen LogP contribution in [0.3, 0.4) is 0 Å². The van der Waals surface area contributed by atoms with Gasteiger partial charge in [0.2, 0.25) is 5.91 Å². The second kappa shape index (κ2) is 6.96. The second-order valence-electron chi connectivity index (χ2n) is 6.66. The first-order valence-corrected chi connectivity index (χ1v) is 8.69. The molecule has 0 bridgehead atoms. The molecule has 0 unspecified atom stereocenters. The third-order valence-corrected chi connectivity index (χ3v) is 4.79. The fraction of sp³-hybridized carbons (Fsp3) is 0.263. The number of amides is 1. The SMILES string of the molecule is NC(=O)c1ccc2c(c1)ncn2N1CCN(Cc2cc(F)cc(F)c2)CC1. The summed E-state index contributed by atoms with van der Waals surface area (Å²) in [6, 6.07) is 8.84. The summed E-state index contributed by atoms with van der Waals surface area (Å²) < 4.78 is 28.7. The van der Waals surface area contributed by atoms with Gasteiger partial charge in [0.25, 0.3) is 0 Å². The van der Waals surface area contributed by atoms with Gasteiger partial charge in [-0.1, -0.05) is 0 Å². The number of nitrogens with zero attached hydrogens (tertiary/aromatic N) is 4. The summed E-state index contributed by atoms with van der Waals surface area (Å²) >= 11 is 0. The number of benzene rings is 2. The maximum Gasteiger partial charge on any atom is 0.248 e. The van der Waals surface area contributed by atoms with Crippen LogP contribution in [0, 0.1) is 11.6 Å². The van der Waals surface area contributed by atoms with E-state index in [1.165, 1.54) is 12.1 Å². The third-order valence-electron chi connectivity index (χ3n) is 4.79. The second-order valence-corrected chi connectivity index (χ2v) is 6.66. The van der Waals surface area contributed by atoms with E-state index in [9.17, 15) is 13.6 Å².